The first kappa shape index (κ1) is 19.0. The number of piperidine rings is 1. The summed E-state index contributed by atoms with van der Waals surface area (Å²) in [5.41, 5.74) is 0.518. The second-order valence-electron chi connectivity index (χ2n) is 8.27. The maximum atomic E-state index is 13.5. The van der Waals surface area contributed by atoms with Crippen LogP contribution >= 0.6 is 15.9 Å². The number of alkyl halides is 2. The molecule has 1 aromatic carbocycles. The Labute approximate surface area is 185 Å². The van der Waals surface area contributed by atoms with Gasteiger partial charge in [0.15, 0.2) is 0 Å². The van der Waals surface area contributed by atoms with Crippen molar-refractivity contribution in [3.05, 3.63) is 58.7 Å². The molecule has 31 heavy (non-hydrogen) atoms. The van der Waals surface area contributed by atoms with Gasteiger partial charge in [-0.2, -0.15) is 10.1 Å². The SMILES string of the molecule is FC(F)c1cc(C2CC[C@@H]3CCC2N3c2nccc3ccc(Br)cc23)n2ncnc2n1. The van der Waals surface area contributed by atoms with Crippen LogP contribution in [-0.2, 0) is 0 Å². The lowest BCUT2D eigenvalue weighted by Gasteiger charge is -2.41. The van der Waals surface area contributed by atoms with E-state index in [1.165, 1.54) is 12.4 Å². The molecule has 0 radical (unpaired) electrons. The Hall–Kier alpha value is -2.68. The van der Waals surface area contributed by atoms with E-state index in [0.717, 1.165) is 52.4 Å². The van der Waals surface area contributed by atoms with Gasteiger partial charge in [-0.1, -0.05) is 22.0 Å². The number of rotatable bonds is 3. The Morgan fingerprint density at radius 3 is 2.77 bits per heavy atom. The number of anilines is 1. The molecule has 6 nitrogen and oxygen atoms in total. The van der Waals surface area contributed by atoms with E-state index in [9.17, 15) is 8.78 Å². The van der Waals surface area contributed by atoms with Crippen molar-refractivity contribution < 1.29 is 8.78 Å². The van der Waals surface area contributed by atoms with Crippen molar-refractivity contribution in [3.63, 3.8) is 0 Å². The van der Waals surface area contributed by atoms with E-state index in [1.54, 1.807) is 4.52 Å². The molecule has 158 valence electrons. The largest absolute Gasteiger partial charge is 0.349 e. The molecule has 2 saturated heterocycles. The average molecular weight is 485 g/mol. The Bertz CT molecular complexity index is 1290. The van der Waals surface area contributed by atoms with Gasteiger partial charge in [0.2, 0.25) is 0 Å². The fraction of sp³-hybridized carbons (Fsp3) is 0.364. The molecular formula is C22H19BrF2N6. The highest BCUT2D eigenvalue weighted by molar-refractivity contribution is 9.10. The molecule has 2 aliphatic rings. The maximum Gasteiger partial charge on any atom is 0.280 e. The Morgan fingerprint density at radius 2 is 1.90 bits per heavy atom. The summed E-state index contributed by atoms with van der Waals surface area (Å²) in [5.74, 6) is 1.24. The van der Waals surface area contributed by atoms with Crippen LogP contribution in [0.15, 0.2) is 47.3 Å². The van der Waals surface area contributed by atoms with Crippen molar-refractivity contribution in [2.45, 2.75) is 50.1 Å². The third-order valence-corrected chi connectivity index (χ3v) is 7.17. The number of hydrogen-bond donors (Lipinski definition) is 0. The van der Waals surface area contributed by atoms with Crippen LogP contribution in [0.25, 0.3) is 16.6 Å². The van der Waals surface area contributed by atoms with Gasteiger partial charge in [-0.15, -0.1) is 0 Å². The van der Waals surface area contributed by atoms with Crippen LogP contribution in [-0.4, -0.2) is 36.6 Å². The minimum Gasteiger partial charge on any atom is -0.349 e. The number of benzene rings is 1. The van der Waals surface area contributed by atoms with Gasteiger partial charge in [0.05, 0.1) is 5.69 Å². The fourth-order valence-corrected chi connectivity index (χ4v) is 5.75. The second-order valence-corrected chi connectivity index (χ2v) is 9.18. The normalized spacial score (nSPS) is 23.4. The van der Waals surface area contributed by atoms with Gasteiger partial charge < -0.3 is 4.90 Å². The number of pyridine rings is 1. The zero-order chi connectivity index (χ0) is 21.1. The zero-order valence-electron chi connectivity index (χ0n) is 16.5. The van der Waals surface area contributed by atoms with Gasteiger partial charge in [-0.25, -0.2) is 23.3 Å². The highest BCUT2D eigenvalue weighted by Crippen LogP contribution is 2.47. The van der Waals surface area contributed by atoms with E-state index in [4.69, 9.17) is 4.98 Å². The molecule has 2 unspecified atom stereocenters. The molecule has 9 heteroatoms. The first-order chi connectivity index (χ1) is 15.1. The summed E-state index contributed by atoms with van der Waals surface area (Å²) in [4.78, 5) is 15.3. The lowest BCUT2D eigenvalue weighted by atomic mass is 9.86. The molecule has 0 amide bonds. The smallest absolute Gasteiger partial charge is 0.280 e. The van der Waals surface area contributed by atoms with Gasteiger partial charge >= 0.3 is 0 Å². The van der Waals surface area contributed by atoms with Crippen LogP contribution in [0.5, 0.6) is 0 Å². The second kappa shape index (κ2) is 7.19. The maximum absolute atomic E-state index is 13.5. The summed E-state index contributed by atoms with van der Waals surface area (Å²) in [6, 6.07) is 10.3. The van der Waals surface area contributed by atoms with Crippen molar-refractivity contribution in [1.82, 2.24) is 24.6 Å². The quantitative estimate of drug-likeness (QED) is 0.395. The lowest BCUT2D eigenvalue weighted by Crippen LogP contribution is -2.45. The average Bonchev–Trinajstić information content (AvgIpc) is 3.35. The van der Waals surface area contributed by atoms with Crippen LogP contribution in [0.3, 0.4) is 0 Å². The molecule has 5 heterocycles. The molecule has 3 aromatic heterocycles. The minimum atomic E-state index is -2.64. The van der Waals surface area contributed by atoms with Gasteiger partial charge in [0.1, 0.15) is 17.8 Å². The standard InChI is InChI=1S/C22H19BrF2N6/c23-13-2-1-12-7-8-26-21(16(12)9-13)30-14-3-5-15(18(30)6-4-14)19-10-17(20(24)25)29-22-27-11-28-31(19)22/h1-2,7-11,14-15,18,20H,3-6H2/t14-,15?,18?/m1/s1. The third-order valence-electron chi connectivity index (χ3n) is 6.68. The summed E-state index contributed by atoms with van der Waals surface area (Å²) in [6.45, 7) is 0. The van der Waals surface area contributed by atoms with Gasteiger partial charge in [-0.3, -0.25) is 0 Å². The van der Waals surface area contributed by atoms with E-state index < -0.39 is 6.43 Å². The highest BCUT2D eigenvalue weighted by Gasteiger charge is 2.45. The number of fused-ring (bicyclic) bond motifs is 4. The highest BCUT2D eigenvalue weighted by atomic mass is 79.9. The van der Waals surface area contributed by atoms with E-state index in [2.05, 4.69) is 48.0 Å². The monoisotopic (exact) mass is 484 g/mol. The molecule has 0 aliphatic carbocycles. The summed E-state index contributed by atoms with van der Waals surface area (Å²) < 4.78 is 29.7. The van der Waals surface area contributed by atoms with Crippen molar-refractivity contribution in [1.29, 1.82) is 0 Å². The van der Waals surface area contributed by atoms with Crippen molar-refractivity contribution >= 4 is 38.3 Å². The third kappa shape index (κ3) is 3.01. The molecule has 0 spiro atoms. The number of hydrogen-bond acceptors (Lipinski definition) is 5. The number of halogens is 3. The predicted octanol–water partition coefficient (Wildman–Crippen LogP) is 5.29. The molecule has 2 aliphatic heterocycles. The molecule has 0 N–H and O–H groups in total. The number of nitrogens with zero attached hydrogens (tertiary/aromatic N) is 6. The first-order valence-corrected chi connectivity index (χ1v) is 11.2. The van der Waals surface area contributed by atoms with Gasteiger partial charge in [0.25, 0.3) is 12.2 Å². The van der Waals surface area contributed by atoms with Crippen molar-refractivity contribution in [2.24, 2.45) is 0 Å². The van der Waals surface area contributed by atoms with Crippen LogP contribution in [0.1, 0.15) is 49.4 Å². The summed E-state index contributed by atoms with van der Waals surface area (Å²) in [5, 5.41) is 6.53. The van der Waals surface area contributed by atoms with Crippen molar-refractivity contribution in [3.8, 4) is 0 Å². The Kier molecular flexibility index (Phi) is 4.41. The molecule has 2 fully saturated rings. The van der Waals surface area contributed by atoms with Gasteiger partial charge in [-0.05, 0) is 55.3 Å². The molecular weight excluding hydrogens is 466 g/mol. The molecule has 0 saturated carbocycles. The number of aromatic nitrogens is 5. The van der Waals surface area contributed by atoms with Crippen LogP contribution in [0, 0.1) is 0 Å². The first-order valence-electron chi connectivity index (χ1n) is 10.4. The summed E-state index contributed by atoms with van der Waals surface area (Å²) in [7, 11) is 0. The van der Waals surface area contributed by atoms with Crippen molar-refractivity contribution in [2.75, 3.05) is 4.90 Å². The van der Waals surface area contributed by atoms with E-state index in [1.807, 2.05) is 18.3 Å². The topological polar surface area (TPSA) is 59.2 Å². The van der Waals surface area contributed by atoms with E-state index >= 15 is 0 Å². The molecule has 4 aromatic rings. The van der Waals surface area contributed by atoms with Crippen LogP contribution in [0.4, 0.5) is 14.6 Å². The molecule has 3 atom stereocenters. The summed E-state index contributed by atoms with van der Waals surface area (Å²) >= 11 is 3.59. The van der Waals surface area contributed by atoms with Crippen LogP contribution in [0.2, 0.25) is 0 Å². The summed E-state index contributed by atoms with van der Waals surface area (Å²) in [6.07, 6.45) is 4.55. The van der Waals surface area contributed by atoms with Gasteiger partial charge in [0, 0.05) is 34.1 Å². The Balaban J connectivity index is 1.49. The fourth-order valence-electron chi connectivity index (χ4n) is 5.39. The molecule has 2 bridgehead atoms. The zero-order valence-corrected chi connectivity index (χ0v) is 18.1. The molecule has 6 rings (SSSR count). The minimum absolute atomic E-state index is 0.0488. The lowest BCUT2D eigenvalue weighted by molar-refractivity contribution is 0.146. The van der Waals surface area contributed by atoms with E-state index in [0.29, 0.717) is 6.04 Å². The van der Waals surface area contributed by atoms with E-state index in [-0.39, 0.29) is 23.4 Å². The van der Waals surface area contributed by atoms with Crippen LogP contribution < -0.4 is 4.90 Å². The Morgan fingerprint density at radius 1 is 1.03 bits per heavy atom. The predicted molar refractivity (Wildman–Crippen MR) is 116 cm³/mol.